The Kier molecular flexibility index (Phi) is 4.84. The summed E-state index contributed by atoms with van der Waals surface area (Å²) in [7, 11) is 0. The molecule has 3 aromatic rings. The third kappa shape index (κ3) is 3.76. The van der Waals surface area contributed by atoms with Gasteiger partial charge in [0.15, 0.2) is 5.82 Å². The van der Waals surface area contributed by atoms with E-state index in [-0.39, 0.29) is 0 Å². The number of rotatable bonds is 6. The van der Waals surface area contributed by atoms with E-state index in [0.717, 1.165) is 11.3 Å². The van der Waals surface area contributed by atoms with Crippen LogP contribution in [0.1, 0.15) is 17.8 Å². The molecule has 2 aromatic carbocycles. The Labute approximate surface area is 138 Å². The Hall–Kier alpha value is -2.76. The number of para-hydroxylation sites is 1. The molecule has 6 heteroatoms. The van der Waals surface area contributed by atoms with E-state index in [1.807, 2.05) is 37.3 Å². The Morgan fingerprint density at radius 1 is 1.08 bits per heavy atom. The fourth-order valence-corrected chi connectivity index (χ4v) is 2.37. The van der Waals surface area contributed by atoms with Crippen molar-refractivity contribution >= 4 is 16.7 Å². The summed E-state index contributed by atoms with van der Waals surface area (Å²) in [6.07, 6.45) is -2.71. The Bertz CT molecular complexity index is 839. The first-order valence-corrected chi connectivity index (χ1v) is 7.61. The van der Waals surface area contributed by atoms with Crippen molar-refractivity contribution in [2.24, 2.45) is 0 Å². The zero-order chi connectivity index (χ0) is 16.9. The number of alkyl halides is 2. The SMILES string of the molecule is Cc1cccc(OCCNc2nc(C(F)F)nc3ccccc23)c1. The van der Waals surface area contributed by atoms with Crippen LogP contribution in [0.25, 0.3) is 10.9 Å². The van der Waals surface area contributed by atoms with Gasteiger partial charge in [0.1, 0.15) is 18.2 Å². The van der Waals surface area contributed by atoms with Crippen molar-refractivity contribution in [2.75, 3.05) is 18.5 Å². The molecule has 1 aromatic heterocycles. The molecular formula is C18H17F2N3O. The van der Waals surface area contributed by atoms with Gasteiger partial charge in [-0.25, -0.2) is 18.7 Å². The van der Waals surface area contributed by atoms with Crippen LogP contribution >= 0.6 is 0 Å². The van der Waals surface area contributed by atoms with E-state index in [2.05, 4.69) is 15.3 Å². The van der Waals surface area contributed by atoms with E-state index in [0.29, 0.717) is 29.9 Å². The standard InChI is InChI=1S/C18H17F2N3O/c1-12-5-4-6-13(11-12)24-10-9-21-17-14-7-2-3-8-15(14)22-18(23-17)16(19)20/h2-8,11,16H,9-10H2,1H3,(H,21,22,23). The first-order chi connectivity index (χ1) is 11.6. The lowest BCUT2D eigenvalue weighted by atomic mass is 10.2. The fourth-order valence-electron chi connectivity index (χ4n) is 2.37. The van der Waals surface area contributed by atoms with Gasteiger partial charge in [-0.3, -0.25) is 0 Å². The maximum absolute atomic E-state index is 12.9. The summed E-state index contributed by atoms with van der Waals surface area (Å²) in [4.78, 5) is 7.82. The third-order valence-electron chi connectivity index (χ3n) is 3.47. The molecule has 1 N–H and O–H groups in total. The average molecular weight is 329 g/mol. The summed E-state index contributed by atoms with van der Waals surface area (Å²) in [5, 5.41) is 3.76. The second kappa shape index (κ2) is 7.21. The maximum atomic E-state index is 12.9. The predicted octanol–water partition coefficient (Wildman–Crippen LogP) is 4.37. The summed E-state index contributed by atoms with van der Waals surface area (Å²) in [6.45, 7) is 2.83. The van der Waals surface area contributed by atoms with Crippen molar-refractivity contribution in [3.63, 3.8) is 0 Å². The van der Waals surface area contributed by atoms with Crippen LogP contribution in [-0.2, 0) is 0 Å². The number of nitrogens with one attached hydrogen (secondary N) is 1. The maximum Gasteiger partial charge on any atom is 0.297 e. The van der Waals surface area contributed by atoms with Gasteiger partial charge in [-0.1, -0.05) is 24.3 Å². The number of ether oxygens (including phenoxy) is 1. The van der Waals surface area contributed by atoms with Crippen LogP contribution in [-0.4, -0.2) is 23.1 Å². The second-order valence-electron chi connectivity index (χ2n) is 5.34. The molecule has 0 aliphatic carbocycles. The number of anilines is 1. The topological polar surface area (TPSA) is 47.0 Å². The lowest BCUT2D eigenvalue weighted by Gasteiger charge is -2.11. The van der Waals surface area contributed by atoms with Crippen LogP contribution in [0, 0.1) is 6.92 Å². The highest BCUT2D eigenvalue weighted by Gasteiger charge is 2.14. The minimum atomic E-state index is -2.71. The number of benzene rings is 2. The van der Waals surface area contributed by atoms with Gasteiger partial charge in [-0.2, -0.15) is 0 Å². The van der Waals surface area contributed by atoms with Crippen molar-refractivity contribution in [3.8, 4) is 5.75 Å². The molecule has 0 bridgehead atoms. The number of nitrogens with zero attached hydrogens (tertiary/aromatic N) is 2. The summed E-state index contributed by atoms with van der Waals surface area (Å²) in [6, 6.07) is 14.8. The Morgan fingerprint density at radius 3 is 2.71 bits per heavy atom. The van der Waals surface area contributed by atoms with Gasteiger partial charge in [-0.05, 0) is 36.8 Å². The average Bonchev–Trinajstić information content (AvgIpc) is 2.58. The van der Waals surface area contributed by atoms with Crippen LogP contribution in [0.3, 0.4) is 0 Å². The number of hydrogen-bond acceptors (Lipinski definition) is 4. The van der Waals surface area contributed by atoms with Gasteiger partial charge in [-0.15, -0.1) is 0 Å². The highest BCUT2D eigenvalue weighted by Crippen LogP contribution is 2.24. The van der Waals surface area contributed by atoms with Crippen LogP contribution < -0.4 is 10.1 Å². The van der Waals surface area contributed by atoms with Gasteiger partial charge in [0, 0.05) is 5.39 Å². The molecule has 0 spiro atoms. The van der Waals surface area contributed by atoms with Crippen LogP contribution in [0.5, 0.6) is 5.75 Å². The Morgan fingerprint density at radius 2 is 1.92 bits per heavy atom. The number of hydrogen-bond donors (Lipinski definition) is 1. The molecule has 124 valence electrons. The molecule has 0 atom stereocenters. The zero-order valence-electron chi connectivity index (χ0n) is 13.2. The summed E-state index contributed by atoms with van der Waals surface area (Å²) in [5.74, 6) is 0.692. The van der Waals surface area contributed by atoms with Gasteiger partial charge in [0.25, 0.3) is 6.43 Å². The van der Waals surface area contributed by atoms with Crippen LogP contribution in [0.4, 0.5) is 14.6 Å². The molecule has 0 aliphatic heterocycles. The molecule has 3 rings (SSSR count). The molecule has 0 saturated carbocycles. The largest absolute Gasteiger partial charge is 0.492 e. The normalized spacial score (nSPS) is 11.0. The van der Waals surface area contributed by atoms with Crippen LogP contribution in [0.2, 0.25) is 0 Å². The Balaban J connectivity index is 1.70. The number of fused-ring (bicyclic) bond motifs is 1. The predicted molar refractivity (Wildman–Crippen MR) is 89.7 cm³/mol. The van der Waals surface area contributed by atoms with Crippen molar-refractivity contribution in [2.45, 2.75) is 13.3 Å². The monoisotopic (exact) mass is 329 g/mol. The number of halogens is 2. The van der Waals surface area contributed by atoms with E-state index in [4.69, 9.17) is 4.74 Å². The summed E-state index contributed by atoms with van der Waals surface area (Å²) < 4.78 is 31.5. The second-order valence-corrected chi connectivity index (χ2v) is 5.34. The number of aryl methyl sites for hydroxylation is 1. The number of aromatic nitrogens is 2. The van der Waals surface area contributed by atoms with E-state index >= 15 is 0 Å². The molecule has 0 amide bonds. The fraction of sp³-hybridized carbons (Fsp3) is 0.222. The smallest absolute Gasteiger partial charge is 0.297 e. The molecule has 0 radical (unpaired) electrons. The molecule has 1 heterocycles. The van der Waals surface area contributed by atoms with E-state index in [1.54, 1.807) is 18.2 Å². The molecule has 4 nitrogen and oxygen atoms in total. The minimum Gasteiger partial charge on any atom is -0.492 e. The molecule has 0 saturated heterocycles. The molecule has 0 aliphatic rings. The first-order valence-electron chi connectivity index (χ1n) is 7.61. The first kappa shape index (κ1) is 16.1. The van der Waals surface area contributed by atoms with Crippen LogP contribution in [0.15, 0.2) is 48.5 Å². The quantitative estimate of drug-likeness (QED) is 0.682. The van der Waals surface area contributed by atoms with Crippen molar-refractivity contribution < 1.29 is 13.5 Å². The third-order valence-corrected chi connectivity index (χ3v) is 3.47. The minimum absolute atomic E-state index is 0.392. The van der Waals surface area contributed by atoms with E-state index in [1.165, 1.54) is 0 Å². The molecule has 0 fully saturated rings. The van der Waals surface area contributed by atoms with Gasteiger partial charge < -0.3 is 10.1 Å². The highest BCUT2D eigenvalue weighted by molar-refractivity contribution is 5.88. The van der Waals surface area contributed by atoms with Gasteiger partial charge in [0.2, 0.25) is 0 Å². The van der Waals surface area contributed by atoms with E-state index < -0.39 is 12.2 Å². The summed E-state index contributed by atoms with van der Waals surface area (Å²) in [5.41, 5.74) is 1.61. The van der Waals surface area contributed by atoms with Crippen molar-refractivity contribution in [1.82, 2.24) is 9.97 Å². The van der Waals surface area contributed by atoms with Crippen molar-refractivity contribution in [1.29, 1.82) is 0 Å². The van der Waals surface area contributed by atoms with E-state index in [9.17, 15) is 8.78 Å². The molecule has 0 unspecified atom stereocenters. The molecule has 24 heavy (non-hydrogen) atoms. The zero-order valence-corrected chi connectivity index (χ0v) is 13.2. The van der Waals surface area contributed by atoms with Crippen molar-refractivity contribution in [3.05, 3.63) is 59.9 Å². The molecular weight excluding hydrogens is 312 g/mol. The lowest BCUT2D eigenvalue weighted by molar-refractivity contribution is 0.141. The summed E-state index contributed by atoms with van der Waals surface area (Å²) >= 11 is 0. The highest BCUT2D eigenvalue weighted by atomic mass is 19.3. The van der Waals surface area contributed by atoms with Gasteiger partial charge >= 0.3 is 0 Å². The van der Waals surface area contributed by atoms with Gasteiger partial charge in [0.05, 0.1) is 12.1 Å². The lowest BCUT2D eigenvalue weighted by Crippen LogP contribution is -2.13.